The minimum absolute atomic E-state index is 0.161. The number of rotatable bonds is 4. The molecule has 0 saturated heterocycles. The van der Waals surface area contributed by atoms with Gasteiger partial charge in [0.1, 0.15) is 5.82 Å². The van der Waals surface area contributed by atoms with E-state index in [9.17, 15) is 9.18 Å². The first-order valence-corrected chi connectivity index (χ1v) is 8.11. The van der Waals surface area contributed by atoms with Crippen molar-refractivity contribution in [2.75, 3.05) is 23.3 Å². The third-order valence-corrected chi connectivity index (χ3v) is 4.33. The van der Waals surface area contributed by atoms with Gasteiger partial charge in [0.25, 0.3) is 0 Å². The molecule has 3 aromatic rings. The number of carbonyl (C=O) groups is 1. The highest BCUT2D eigenvalue weighted by Gasteiger charge is 2.20. The minimum Gasteiger partial charge on any atom is -0.362 e. The smallest absolute Gasteiger partial charge is 0.243 e. The van der Waals surface area contributed by atoms with Crippen LogP contribution in [-0.4, -0.2) is 28.5 Å². The molecule has 0 spiro atoms. The molecule has 0 unspecified atom stereocenters. The normalized spacial score (nSPS) is 12.9. The fourth-order valence-corrected chi connectivity index (χ4v) is 3.14. The van der Waals surface area contributed by atoms with E-state index in [0.29, 0.717) is 11.4 Å². The molecule has 2 aromatic carbocycles. The van der Waals surface area contributed by atoms with Crippen LogP contribution in [0.4, 0.5) is 15.8 Å². The molecule has 1 aliphatic rings. The van der Waals surface area contributed by atoms with Gasteiger partial charge in [0.05, 0.1) is 18.6 Å². The number of fused-ring (bicyclic) bond motifs is 1. The molecule has 6 heteroatoms. The van der Waals surface area contributed by atoms with E-state index in [-0.39, 0.29) is 12.5 Å². The maximum absolute atomic E-state index is 14.3. The second kappa shape index (κ2) is 6.39. The Balaban J connectivity index is 1.44. The average molecular weight is 336 g/mol. The molecule has 2 heterocycles. The highest BCUT2D eigenvalue weighted by molar-refractivity contribution is 5.94. The van der Waals surface area contributed by atoms with Crippen LogP contribution in [0.5, 0.6) is 0 Å². The number of hydrogen-bond donors (Lipinski definition) is 1. The first-order valence-electron chi connectivity index (χ1n) is 8.11. The molecule has 126 valence electrons. The molecule has 1 amide bonds. The van der Waals surface area contributed by atoms with E-state index in [1.54, 1.807) is 29.1 Å². The first-order chi connectivity index (χ1) is 12.2. The van der Waals surface area contributed by atoms with Crippen LogP contribution in [0.15, 0.2) is 61.2 Å². The Labute approximate surface area is 144 Å². The summed E-state index contributed by atoms with van der Waals surface area (Å²) in [5.74, 6) is -0.575. The molecule has 25 heavy (non-hydrogen) atoms. The highest BCUT2D eigenvalue weighted by atomic mass is 19.1. The standard InChI is InChI=1S/C19H17FN4O/c20-16-11-15(5-6-18(16)24-10-8-21-13-24)22-19(25)12-23-9-7-14-3-1-2-4-17(14)23/h1-6,8,10-11,13H,7,9,12H2,(H,22,25). The number of para-hydroxylation sites is 1. The zero-order valence-corrected chi connectivity index (χ0v) is 13.5. The Morgan fingerprint density at radius 3 is 2.88 bits per heavy atom. The molecule has 1 aliphatic heterocycles. The van der Waals surface area contributed by atoms with E-state index in [0.717, 1.165) is 18.7 Å². The SMILES string of the molecule is O=C(CN1CCc2ccccc21)Nc1ccc(-n2ccnc2)c(F)c1. The monoisotopic (exact) mass is 336 g/mol. The lowest BCUT2D eigenvalue weighted by Crippen LogP contribution is -2.31. The van der Waals surface area contributed by atoms with Crippen molar-refractivity contribution in [3.8, 4) is 5.69 Å². The summed E-state index contributed by atoms with van der Waals surface area (Å²) in [5, 5.41) is 2.77. The van der Waals surface area contributed by atoms with Gasteiger partial charge in [0, 0.05) is 30.3 Å². The maximum Gasteiger partial charge on any atom is 0.243 e. The summed E-state index contributed by atoms with van der Waals surface area (Å²) in [4.78, 5) is 18.3. The fraction of sp³-hybridized carbons (Fsp3) is 0.158. The van der Waals surface area contributed by atoms with Crippen molar-refractivity contribution in [2.24, 2.45) is 0 Å². The molecule has 1 N–H and O–H groups in total. The molecular formula is C19H17FN4O. The molecule has 0 atom stereocenters. The van der Waals surface area contributed by atoms with Gasteiger partial charge in [-0.05, 0) is 36.2 Å². The van der Waals surface area contributed by atoms with E-state index >= 15 is 0 Å². The number of aromatic nitrogens is 2. The Hall–Kier alpha value is -3.15. The lowest BCUT2D eigenvalue weighted by Gasteiger charge is -2.18. The summed E-state index contributed by atoms with van der Waals surface area (Å²) in [6, 6.07) is 12.7. The molecule has 0 fully saturated rings. The summed E-state index contributed by atoms with van der Waals surface area (Å²) >= 11 is 0. The minimum atomic E-state index is -0.415. The summed E-state index contributed by atoms with van der Waals surface area (Å²) in [6.45, 7) is 1.07. The summed E-state index contributed by atoms with van der Waals surface area (Å²) in [7, 11) is 0. The van der Waals surface area contributed by atoms with Crippen molar-refractivity contribution >= 4 is 17.3 Å². The number of imidazole rings is 1. The molecule has 5 nitrogen and oxygen atoms in total. The van der Waals surface area contributed by atoms with Gasteiger partial charge in [-0.2, -0.15) is 0 Å². The third-order valence-electron chi connectivity index (χ3n) is 4.33. The highest BCUT2D eigenvalue weighted by Crippen LogP contribution is 2.27. The molecule has 1 aromatic heterocycles. The molecule has 0 saturated carbocycles. The van der Waals surface area contributed by atoms with Crippen LogP contribution < -0.4 is 10.2 Å². The predicted molar refractivity (Wildman–Crippen MR) is 94.5 cm³/mol. The Bertz CT molecular complexity index is 908. The summed E-state index contributed by atoms with van der Waals surface area (Å²) in [5.41, 5.74) is 3.19. The lowest BCUT2D eigenvalue weighted by molar-refractivity contribution is -0.115. The predicted octanol–water partition coefficient (Wildman–Crippen LogP) is 3.01. The van der Waals surface area contributed by atoms with Gasteiger partial charge in [0.15, 0.2) is 0 Å². The fourth-order valence-electron chi connectivity index (χ4n) is 3.14. The summed E-state index contributed by atoms with van der Waals surface area (Å²) < 4.78 is 15.8. The number of carbonyl (C=O) groups excluding carboxylic acids is 1. The van der Waals surface area contributed by atoms with Crippen molar-refractivity contribution in [1.29, 1.82) is 0 Å². The number of nitrogens with one attached hydrogen (secondary N) is 1. The second-order valence-corrected chi connectivity index (χ2v) is 5.98. The number of nitrogens with zero attached hydrogens (tertiary/aromatic N) is 3. The van der Waals surface area contributed by atoms with Crippen molar-refractivity contribution in [3.05, 3.63) is 72.6 Å². The van der Waals surface area contributed by atoms with Crippen molar-refractivity contribution in [3.63, 3.8) is 0 Å². The van der Waals surface area contributed by atoms with Gasteiger partial charge in [0.2, 0.25) is 5.91 Å². The zero-order valence-electron chi connectivity index (χ0n) is 13.5. The van der Waals surface area contributed by atoms with Crippen LogP contribution >= 0.6 is 0 Å². The van der Waals surface area contributed by atoms with Crippen molar-refractivity contribution in [1.82, 2.24) is 9.55 Å². The van der Waals surface area contributed by atoms with Crippen LogP contribution in [0.1, 0.15) is 5.56 Å². The summed E-state index contributed by atoms with van der Waals surface area (Å²) in [6.07, 6.45) is 5.73. The van der Waals surface area contributed by atoms with Crippen LogP contribution in [0, 0.1) is 5.82 Å². The van der Waals surface area contributed by atoms with Gasteiger partial charge < -0.3 is 14.8 Å². The average Bonchev–Trinajstić information content (AvgIpc) is 3.26. The Kier molecular flexibility index (Phi) is 3.93. The van der Waals surface area contributed by atoms with Gasteiger partial charge >= 0.3 is 0 Å². The molecule has 0 aliphatic carbocycles. The molecule has 0 radical (unpaired) electrons. The molecule has 4 rings (SSSR count). The first kappa shape index (κ1) is 15.4. The molecule has 0 bridgehead atoms. The third kappa shape index (κ3) is 3.10. The van der Waals surface area contributed by atoms with Crippen LogP contribution in [0.25, 0.3) is 5.69 Å². The van der Waals surface area contributed by atoms with Crippen LogP contribution in [-0.2, 0) is 11.2 Å². The van der Waals surface area contributed by atoms with E-state index in [1.807, 2.05) is 23.1 Å². The topological polar surface area (TPSA) is 50.2 Å². The number of anilines is 2. The Morgan fingerprint density at radius 1 is 1.20 bits per heavy atom. The number of halogens is 1. The largest absolute Gasteiger partial charge is 0.362 e. The van der Waals surface area contributed by atoms with Gasteiger partial charge in [-0.15, -0.1) is 0 Å². The van der Waals surface area contributed by atoms with Gasteiger partial charge in [-0.25, -0.2) is 9.37 Å². The van der Waals surface area contributed by atoms with Gasteiger partial charge in [-0.1, -0.05) is 18.2 Å². The lowest BCUT2D eigenvalue weighted by atomic mass is 10.2. The number of benzene rings is 2. The second-order valence-electron chi connectivity index (χ2n) is 5.98. The maximum atomic E-state index is 14.3. The molecular weight excluding hydrogens is 319 g/mol. The van der Waals surface area contributed by atoms with Crippen molar-refractivity contribution < 1.29 is 9.18 Å². The number of amides is 1. The van der Waals surface area contributed by atoms with Crippen LogP contribution in [0.2, 0.25) is 0 Å². The van der Waals surface area contributed by atoms with E-state index in [1.165, 1.54) is 18.0 Å². The van der Waals surface area contributed by atoms with Gasteiger partial charge in [-0.3, -0.25) is 4.79 Å². The van der Waals surface area contributed by atoms with E-state index < -0.39 is 5.82 Å². The number of hydrogen-bond acceptors (Lipinski definition) is 3. The van der Waals surface area contributed by atoms with Crippen LogP contribution in [0.3, 0.4) is 0 Å². The van der Waals surface area contributed by atoms with E-state index in [4.69, 9.17) is 0 Å². The quantitative estimate of drug-likeness (QED) is 0.797. The zero-order chi connectivity index (χ0) is 17.2. The van der Waals surface area contributed by atoms with E-state index in [2.05, 4.69) is 16.4 Å². The Morgan fingerprint density at radius 2 is 2.08 bits per heavy atom. The van der Waals surface area contributed by atoms with Crippen molar-refractivity contribution in [2.45, 2.75) is 6.42 Å².